The van der Waals surface area contributed by atoms with E-state index in [9.17, 15) is 4.79 Å². The number of aryl methyl sites for hydroxylation is 1. The minimum Gasteiger partial charge on any atom is -0.496 e. The third kappa shape index (κ3) is 2.31. The molecule has 1 aliphatic carbocycles. The number of carbonyl (C=O) groups excluding carboxylic acids is 1. The molecule has 2 N–H and O–H groups in total. The minimum absolute atomic E-state index is 0.0261. The first-order valence-electron chi connectivity index (χ1n) is 9.04. The highest BCUT2D eigenvalue weighted by atomic mass is 32.1. The fourth-order valence-electron chi connectivity index (χ4n) is 4.17. The van der Waals surface area contributed by atoms with Gasteiger partial charge in [-0.1, -0.05) is 30.3 Å². The number of hydrogen-bond acceptors (Lipinski definition) is 4. The molecule has 26 heavy (non-hydrogen) atoms. The lowest BCUT2D eigenvalue weighted by atomic mass is 9.94. The van der Waals surface area contributed by atoms with Gasteiger partial charge in [-0.05, 0) is 48.1 Å². The summed E-state index contributed by atoms with van der Waals surface area (Å²) in [5, 5.41) is 9.97. The van der Waals surface area contributed by atoms with Gasteiger partial charge in [0.05, 0.1) is 12.7 Å². The van der Waals surface area contributed by atoms with Crippen LogP contribution < -0.4 is 15.4 Å². The normalized spacial score (nSPS) is 18.7. The first-order valence-corrected chi connectivity index (χ1v) is 9.85. The molecular formula is C21H20N2O2S. The van der Waals surface area contributed by atoms with Gasteiger partial charge in [0.15, 0.2) is 0 Å². The zero-order valence-corrected chi connectivity index (χ0v) is 15.4. The lowest BCUT2D eigenvalue weighted by molar-refractivity contribution is 0.0935. The molecule has 132 valence electrons. The summed E-state index contributed by atoms with van der Waals surface area (Å²) in [6.45, 7) is 0. The molecule has 3 aromatic rings. The third-order valence-electron chi connectivity index (χ3n) is 5.39. The number of anilines is 1. The molecule has 0 spiro atoms. The SMILES string of the molecule is COc1ccc2ccccc2c1[C@@H]1NC(=O)c2c(sc3c2CCCC3)N1. The Morgan fingerprint density at radius 1 is 1.08 bits per heavy atom. The van der Waals surface area contributed by atoms with Crippen LogP contribution in [0.15, 0.2) is 36.4 Å². The predicted octanol–water partition coefficient (Wildman–Crippen LogP) is 4.64. The number of rotatable bonds is 2. The van der Waals surface area contributed by atoms with Gasteiger partial charge in [-0.3, -0.25) is 4.79 Å². The predicted molar refractivity (Wildman–Crippen MR) is 105 cm³/mol. The Kier molecular flexibility index (Phi) is 3.64. The van der Waals surface area contributed by atoms with Crippen molar-refractivity contribution < 1.29 is 9.53 Å². The summed E-state index contributed by atoms with van der Waals surface area (Å²) in [6, 6.07) is 12.2. The van der Waals surface area contributed by atoms with Gasteiger partial charge >= 0.3 is 0 Å². The molecule has 4 nitrogen and oxygen atoms in total. The van der Waals surface area contributed by atoms with Crippen LogP contribution in [0.1, 0.15) is 45.4 Å². The van der Waals surface area contributed by atoms with Gasteiger partial charge in [-0.25, -0.2) is 0 Å². The quantitative estimate of drug-likeness (QED) is 0.696. The first kappa shape index (κ1) is 15.7. The fourth-order valence-corrected chi connectivity index (χ4v) is 5.49. The van der Waals surface area contributed by atoms with Gasteiger partial charge in [0.2, 0.25) is 0 Å². The van der Waals surface area contributed by atoms with E-state index in [-0.39, 0.29) is 12.1 Å². The van der Waals surface area contributed by atoms with E-state index in [1.807, 2.05) is 18.2 Å². The van der Waals surface area contributed by atoms with Crippen molar-refractivity contribution >= 4 is 33.0 Å². The maximum atomic E-state index is 13.0. The molecule has 1 atom stereocenters. The minimum atomic E-state index is -0.295. The lowest BCUT2D eigenvalue weighted by Gasteiger charge is -2.28. The van der Waals surface area contributed by atoms with Crippen molar-refractivity contribution in [3.8, 4) is 5.75 Å². The Labute approximate surface area is 156 Å². The van der Waals surface area contributed by atoms with Crippen LogP contribution in [0, 0.1) is 0 Å². The molecule has 5 rings (SSSR count). The van der Waals surface area contributed by atoms with Crippen LogP contribution in [-0.4, -0.2) is 13.0 Å². The van der Waals surface area contributed by atoms with Gasteiger partial charge < -0.3 is 15.4 Å². The Bertz CT molecular complexity index is 1020. The lowest BCUT2D eigenvalue weighted by Crippen LogP contribution is -2.38. The van der Waals surface area contributed by atoms with Gasteiger partial charge in [0.25, 0.3) is 5.91 Å². The van der Waals surface area contributed by atoms with Crippen molar-refractivity contribution in [2.45, 2.75) is 31.8 Å². The van der Waals surface area contributed by atoms with E-state index in [1.54, 1.807) is 18.4 Å². The molecule has 0 saturated heterocycles. The Morgan fingerprint density at radius 3 is 2.81 bits per heavy atom. The summed E-state index contributed by atoms with van der Waals surface area (Å²) in [7, 11) is 1.67. The molecular weight excluding hydrogens is 344 g/mol. The Balaban J connectivity index is 1.64. The highest BCUT2D eigenvalue weighted by Gasteiger charge is 2.33. The van der Waals surface area contributed by atoms with Crippen LogP contribution in [-0.2, 0) is 12.8 Å². The first-order chi connectivity index (χ1) is 12.8. The number of fused-ring (bicyclic) bond motifs is 4. The maximum Gasteiger partial charge on any atom is 0.256 e. The molecule has 0 fully saturated rings. The standard InChI is InChI=1S/C21H20N2O2S/c1-25-15-11-10-12-6-2-3-7-13(12)17(15)19-22-20(24)18-14-8-4-5-9-16(14)26-21(18)23-19/h2-3,6-7,10-11,19,23H,4-5,8-9H2,1H3,(H,22,24)/t19-/m1/s1. The van der Waals surface area contributed by atoms with E-state index < -0.39 is 0 Å². The average Bonchev–Trinajstić information content (AvgIpc) is 3.05. The molecule has 0 saturated carbocycles. The number of ether oxygens (including phenoxy) is 1. The maximum absolute atomic E-state index is 13.0. The molecule has 2 aromatic carbocycles. The fraction of sp³-hybridized carbons (Fsp3) is 0.286. The van der Waals surface area contributed by atoms with Crippen molar-refractivity contribution in [3.63, 3.8) is 0 Å². The molecule has 5 heteroatoms. The summed E-state index contributed by atoms with van der Waals surface area (Å²) in [5.41, 5.74) is 3.10. The smallest absolute Gasteiger partial charge is 0.256 e. The molecule has 0 bridgehead atoms. The molecule has 1 amide bonds. The van der Waals surface area contributed by atoms with E-state index >= 15 is 0 Å². The van der Waals surface area contributed by atoms with E-state index in [1.165, 1.54) is 23.3 Å². The van der Waals surface area contributed by atoms with Crippen LogP contribution in [0.3, 0.4) is 0 Å². The molecule has 1 aliphatic heterocycles. The van der Waals surface area contributed by atoms with Crippen molar-refractivity contribution in [1.82, 2.24) is 5.32 Å². The van der Waals surface area contributed by atoms with Crippen LogP contribution >= 0.6 is 11.3 Å². The molecule has 1 aromatic heterocycles. The van der Waals surface area contributed by atoms with Crippen molar-refractivity contribution in [2.75, 3.05) is 12.4 Å². The van der Waals surface area contributed by atoms with Gasteiger partial charge in [-0.15, -0.1) is 11.3 Å². The number of thiophene rings is 1. The summed E-state index contributed by atoms with van der Waals surface area (Å²) >= 11 is 1.75. The molecule has 2 heterocycles. The number of carbonyl (C=O) groups is 1. The van der Waals surface area contributed by atoms with E-state index in [0.717, 1.165) is 45.5 Å². The number of hydrogen-bond donors (Lipinski definition) is 2. The van der Waals surface area contributed by atoms with Crippen molar-refractivity contribution in [1.29, 1.82) is 0 Å². The summed E-state index contributed by atoms with van der Waals surface area (Å²) in [6.07, 6.45) is 4.19. The monoisotopic (exact) mass is 364 g/mol. The summed E-state index contributed by atoms with van der Waals surface area (Å²) in [5.74, 6) is 0.810. The second kappa shape index (κ2) is 6.02. The van der Waals surface area contributed by atoms with Crippen LogP contribution in [0.25, 0.3) is 10.8 Å². The number of amides is 1. The number of nitrogens with one attached hydrogen (secondary N) is 2. The largest absolute Gasteiger partial charge is 0.496 e. The molecule has 0 unspecified atom stereocenters. The number of benzene rings is 2. The van der Waals surface area contributed by atoms with Crippen LogP contribution in [0.5, 0.6) is 5.75 Å². The van der Waals surface area contributed by atoms with Gasteiger partial charge in [0, 0.05) is 10.4 Å². The summed E-state index contributed by atoms with van der Waals surface area (Å²) < 4.78 is 5.62. The molecule has 2 aliphatic rings. The van der Waals surface area contributed by atoms with E-state index in [4.69, 9.17) is 4.74 Å². The second-order valence-corrected chi connectivity index (χ2v) is 7.97. The van der Waals surface area contributed by atoms with Gasteiger partial charge in [-0.2, -0.15) is 0 Å². The number of methoxy groups -OCH3 is 1. The highest BCUT2D eigenvalue weighted by molar-refractivity contribution is 7.16. The van der Waals surface area contributed by atoms with E-state index in [0.29, 0.717) is 0 Å². The third-order valence-corrected chi connectivity index (χ3v) is 6.61. The zero-order valence-electron chi connectivity index (χ0n) is 14.6. The summed E-state index contributed by atoms with van der Waals surface area (Å²) in [4.78, 5) is 14.3. The topological polar surface area (TPSA) is 50.4 Å². The van der Waals surface area contributed by atoms with Crippen LogP contribution in [0.2, 0.25) is 0 Å². The average molecular weight is 364 g/mol. The van der Waals surface area contributed by atoms with E-state index in [2.05, 4.69) is 28.8 Å². The molecule has 0 radical (unpaired) electrons. The Hall–Kier alpha value is -2.53. The Morgan fingerprint density at radius 2 is 1.92 bits per heavy atom. The zero-order chi connectivity index (χ0) is 17.7. The van der Waals surface area contributed by atoms with Crippen molar-refractivity contribution in [3.05, 3.63) is 58.0 Å². The highest BCUT2D eigenvalue weighted by Crippen LogP contribution is 2.43. The van der Waals surface area contributed by atoms with Gasteiger partial charge in [0.1, 0.15) is 16.9 Å². The second-order valence-electron chi connectivity index (χ2n) is 6.87. The van der Waals surface area contributed by atoms with Crippen LogP contribution in [0.4, 0.5) is 5.00 Å². The van der Waals surface area contributed by atoms with Crippen molar-refractivity contribution in [2.24, 2.45) is 0 Å².